The Morgan fingerprint density at radius 3 is 2.69 bits per heavy atom. The lowest BCUT2D eigenvalue weighted by molar-refractivity contribution is 0.146. The van der Waals surface area contributed by atoms with Gasteiger partial charge >= 0.3 is 5.69 Å². The van der Waals surface area contributed by atoms with Crippen molar-refractivity contribution in [3.8, 4) is 0 Å². The summed E-state index contributed by atoms with van der Waals surface area (Å²) in [4.78, 5) is 27.1. The third-order valence-corrected chi connectivity index (χ3v) is 2.12. The van der Waals surface area contributed by atoms with Crippen molar-refractivity contribution >= 4 is 0 Å². The number of hydrogen-bond donors (Lipinski definition) is 2. The van der Waals surface area contributed by atoms with E-state index in [0.717, 1.165) is 0 Å². The first-order valence-electron chi connectivity index (χ1n) is 4.19. The van der Waals surface area contributed by atoms with Crippen molar-refractivity contribution in [2.24, 2.45) is 0 Å². The third-order valence-electron chi connectivity index (χ3n) is 2.12. The molecule has 0 saturated heterocycles. The topological polar surface area (TPSA) is 75.0 Å². The molecule has 0 bridgehead atoms. The van der Waals surface area contributed by atoms with Gasteiger partial charge in [-0.1, -0.05) is 0 Å². The molecule has 0 unspecified atom stereocenters. The molecule has 2 rings (SSSR count). The van der Waals surface area contributed by atoms with Gasteiger partial charge in [-0.25, -0.2) is 4.79 Å². The molecule has 0 radical (unpaired) electrons. The number of ether oxygens (including phenoxy) is 1. The van der Waals surface area contributed by atoms with Crippen molar-refractivity contribution < 1.29 is 4.74 Å². The Labute approximate surface area is 73.8 Å². The monoisotopic (exact) mass is 182 g/mol. The van der Waals surface area contributed by atoms with E-state index in [1.807, 2.05) is 0 Å². The summed E-state index contributed by atoms with van der Waals surface area (Å²) in [6.07, 6.45) is 1.18. The van der Waals surface area contributed by atoms with E-state index >= 15 is 0 Å². The van der Waals surface area contributed by atoms with Crippen LogP contribution in [0, 0.1) is 0 Å². The van der Waals surface area contributed by atoms with Gasteiger partial charge in [-0.3, -0.25) is 9.78 Å². The SMILES string of the molecule is O=c1[nH]c2c(c(=O)[nH]1)CCOCC2. The molecule has 2 heterocycles. The number of H-pyrrole nitrogens is 2. The number of hydrogen-bond acceptors (Lipinski definition) is 3. The Morgan fingerprint density at radius 1 is 1.08 bits per heavy atom. The molecule has 5 heteroatoms. The van der Waals surface area contributed by atoms with Crippen LogP contribution < -0.4 is 11.2 Å². The van der Waals surface area contributed by atoms with Gasteiger partial charge in [-0.15, -0.1) is 0 Å². The van der Waals surface area contributed by atoms with Crippen molar-refractivity contribution in [1.29, 1.82) is 0 Å². The number of rotatable bonds is 0. The average molecular weight is 182 g/mol. The van der Waals surface area contributed by atoms with Crippen molar-refractivity contribution in [1.82, 2.24) is 9.97 Å². The lowest BCUT2D eigenvalue weighted by Crippen LogP contribution is -2.28. The Hall–Kier alpha value is -1.36. The van der Waals surface area contributed by atoms with Gasteiger partial charge in [0.15, 0.2) is 0 Å². The molecule has 0 atom stereocenters. The van der Waals surface area contributed by atoms with Crippen molar-refractivity contribution in [2.75, 3.05) is 13.2 Å². The molecule has 0 fully saturated rings. The molecule has 1 aromatic heterocycles. The summed E-state index contributed by atoms with van der Waals surface area (Å²) in [7, 11) is 0. The summed E-state index contributed by atoms with van der Waals surface area (Å²) in [5.74, 6) is 0. The van der Waals surface area contributed by atoms with Crippen LogP contribution in [0.4, 0.5) is 0 Å². The van der Waals surface area contributed by atoms with Crippen LogP contribution in [0.3, 0.4) is 0 Å². The van der Waals surface area contributed by atoms with Gasteiger partial charge in [0.2, 0.25) is 0 Å². The van der Waals surface area contributed by atoms with E-state index in [-0.39, 0.29) is 5.56 Å². The Balaban J connectivity index is 2.60. The van der Waals surface area contributed by atoms with Gasteiger partial charge in [-0.05, 0) is 0 Å². The largest absolute Gasteiger partial charge is 0.381 e. The van der Waals surface area contributed by atoms with Crippen molar-refractivity contribution in [3.63, 3.8) is 0 Å². The molecule has 0 amide bonds. The van der Waals surface area contributed by atoms with Crippen molar-refractivity contribution in [2.45, 2.75) is 12.8 Å². The zero-order valence-corrected chi connectivity index (χ0v) is 7.05. The molecule has 1 aliphatic rings. The van der Waals surface area contributed by atoms with Crippen LogP contribution in [0.25, 0.3) is 0 Å². The van der Waals surface area contributed by atoms with E-state index in [9.17, 15) is 9.59 Å². The molecule has 0 aliphatic carbocycles. The van der Waals surface area contributed by atoms with Crippen LogP contribution in [-0.4, -0.2) is 23.2 Å². The zero-order valence-electron chi connectivity index (χ0n) is 7.05. The third kappa shape index (κ3) is 1.55. The normalized spacial score (nSPS) is 16.3. The van der Waals surface area contributed by atoms with Crippen LogP contribution in [0.2, 0.25) is 0 Å². The summed E-state index contributed by atoms with van der Waals surface area (Å²) in [5.41, 5.74) is 0.637. The average Bonchev–Trinajstić information content (AvgIpc) is 2.28. The minimum absolute atomic E-state index is 0.288. The highest BCUT2D eigenvalue weighted by Gasteiger charge is 2.12. The predicted molar refractivity (Wildman–Crippen MR) is 45.9 cm³/mol. The summed E-state index contributed by atoms with van der Waals surface area (Å²) in [6, 6.07) is 0. The van der Waals surface area contributed by atoms with Gasteiger partial charge in [-0.2, -0.15) is 0 Å². The lowest BCUT2D eigenvalue weighted by atomic mass is 10.1. The maximum atomic E-state index is 11.3. The Kier molecular flexibility index (Phi) is 2.02. The molecule has 0 spiro atoms. The van der Waals surface area contributed by atoms with E-state index in [1.54, 1.807) is 0 Å². The number of aromatic amines is 2. The smallest absolute Gasteiger partial charge is 0.325 e. The van der Waals surface area contributed by atoms with E-state index in [1.165, 1.54) is 0 Å². The van der Waals surface area contributed by atoms with Crippen LogP contribution in [0.5, 0.6) is 0 Å². The molecule has 70 valence electrons. The number of nitrogens with one attached hydrogen (secondary N) is 2. The molecule has 2 N–H and O–H groups in total. The predicted octanol–water partition coefficient (Wildman–Crippen LogP) is -0.822. The van der Waals surface area contributed by atoms with Gasteiger partial charge in [0.05, 0.1) is 13.2 Å². The lowest BCUT2D eigenvalue weighted by Gasteiger charge is -2.00. The van der Waals surface area contributed by atoms with E-state index < -0.39 is 5.69 Å². The Bertz CT molecular complexity index is 418. The summed E-state index contributed by atoms with van der Waals surface area (Å²) >= 11 is 0. The molecule has 1 aromatic rings. The minimum atomic E-state index is -0.439. The highest BCUT2D eigenvalue weighted by Crippen LogP contribution is 2.04. The first kappa shape index (κ1) is 8.25. The molecular formula is C8H10N2O3. The fourth-order valence-electron chi connectivity index (χ4n) is 1.49. The minimum Gasteiger partial charge on any atom is -0.381 e. The van der Waals surface area contributed by atoms with E-state index in [4.69, 9.17) is 4.74 Å². The highest BCUT2D eigenvalue weighted by atomic mass is 16.5. The highest BCUT2D eigenvalue weighted by molar-refractivity contribution is 5.17. The van der Waals surface area contributed by atoms with Gasteiger partial charge in [0.25, 0.3) is 5.56 Å². The van der Waals surface area contributed by atoms with E-state index in [2.05, 4.69) is 9.97 Å². The van der Waals surface area contributed by atoms with Gasteiger partial charge in [0.1, 0.15) is 0 Å². The number of aromatic nitrogens is 2. The van der Waals surface area contributed by atoms with E-state index in [0.29, 0.717) is 37.3 Å². The first-order chi connectivity index (χ1) is 6.27. The molecular weight excluding hydrogens is 172 g/mol. The molecule has 1 aliphatic heterocycles. The summed E-state index contributed by atoms with van der Waals surface area (Å²) in [5, 5.41) is 0. The molecule has 5 nitrogen and oxygen atoms in total. The second-order valence-corrected chi connectivity index (χ2v) is 2.98. The second kappa shape index (κ2) is 3.18. The quantitative estimate of drug-likeness (QED) is 0.550. The van der Waals surface area contributed by atoms with Crippen molar-refractivity contribution in [3.05, 3.63) is 32.1 Å². The number of fused-ring (bicyclic) bond motifs is 1. The molecule has 0 saturated carbocycles. The van der Waals surface area contributed by atoms with Gasteiger partial charge < -0.3 is 9.72 Å². The fraction of sp³-hybridized carbons (Fsp3) is 0.500. The van der Waals surface area contributed by atoms with Crippen LogP contribution in [-0.2, 0) is 17.6 Å². The maximum absolute atomic E-state index is 11.3. The molecule has 13 heavy (non-hydrogen) atoms. The Morgan fingerprint density at radius 2 is 1.85 bits per heavy atom. The first-order valence-corrected chi connectivity index (χ1v) is 4.19. The summed E-state index contributed by atoms with van der Waals surface area (Å²) in [6.45, 7) is 1.11. The standard InChI is InChI=1S/C8H10N2O3/c11-7-5-1-3-13-4-2-6(5)9-8(12)10-7/h1-4H2,(H2,9,10,11,12). The van der Waals surface area contributed by atoms with Crippen LogP contribution in [0.15, 0.2) is 9.59 Å². The second-order valence-electron chi connectivity index (χ2n) is 2.98. The van der Waals surface area contributed by atoms with Crippen LogP contribution in [0.1, 0.15) is 11.3 Å². The van der Waals surface area contributed by atoms with Crippen LogP contribution >= 0.6 is 0 Å². The summed E-state index contributed by atoms with van der Waals surface area (Å²) < 4.78 is 5.20. The molecule has 0 aromatic carbocycles. The van der Waals surface area contributed by atoms with Gasteiger partial charge in [0, 0.05) is 24.1 Å². The fourth-order valence-corrected chi connectivity index (χ4v) is 1.49. The maximum Gasteiger partial charge on any atom is 0.325 e. The zero-order chi connectivity index (χ0) is 9.26.